The van der Waals surface area contributed by atoms with Gasteiger partial charge in [0, 0.05) is 12.8 Å². The fourth-order valence-corrected chi connectivity index (χ4v) is 2.61. The van der Waals surface area contributed by atoms with E-state index in [1.165, 1.54) is 24.6 Å². The number of ketones is 1. The van der Waals surface area contributed by atoms with Gasteiger partial charge in [-0.1, -0.05) is 24.6 Å². The minimum atomic E-state index is 0.279. The van der Waals surface area contributed by atoms with E-state index < -0.39 is 0 Å². The molecule has 0 unspecified atom stereocenters. The molecule has 2 rings (SSSR count). The van der Waals surface area contributed by atoms with E-state index in [4.69, 9.17) is 4.42 Å². The van der Waals surface area contributed by atoms with Crippen molar-refractivity contribution < 1.29 is 9.21 Å². The van der Waals surface area contributed by atoms with Crippen LogP contribution < -0.4 is 0 Å². The molecule has 1 aromatic heterocycles. The van der Waals surface area contributed by atoms with Crippen LogP contribution in [-0.2, 0) is 4.79 Å². The summed E-state index contributed by atoms with van der Waals surface area (Å²) in [6.07, 6.45) is 4.51. The molecule has 0 spiro atoms. The molecule has 1 saturated carbocycles. The third-order valence-electron chi connectivity index (χ3n) is 2.66. The van der Waals surface area contributed by atoms with Crippen molar-refractivity contribution >= 4 is 17.5 Å². The maximum atomic E-state index is 11.7. The summed E-state index contributed by atoms with van der Waals surface area (Å²) >= 11 is 1.35. The molecule has 15 heavy (non-hydrogen) atoms. The van der Waals surface area contributed by atoms with Gasteiger partial charge < -0.3 is 4.42 Å². The number of rotatable bonds is 4. The fourth-order valence-electron chi connectivity index (χ4n) is 1.84. The van der Waals surface area contributed by atoms with Crippen LogP contribution in [0.4, 0.5) is 0 Å². The summed E-state index contributed by atoms with van der Waals surface area (Å²) < 4.78 is 5.19. The van der Waals surface area contributed by atoms with Gasteiger partial charge in [-0.25, -0.2) is 0 Å². The molecule has 0 aliphatic heterocycles. The number of carbonyl (C=O) groups excluding carboxylic acids is 1. The van der Waals surface area contributed by atoms with Crippen LogP contribution in [-0.4, -0.2) is 21.7 Å². The molecular weight excluding hydrogens is 212 g/mol. The lowest BCUT2D eigenvalue weighted by molar-refractivity contribution is -0.120. The molecule has 1 aliphatic rings. The lowest BCUT2D eigenvalue weighted by atomic mass is 10.0. The van der Waals surface area contributed by atoms with Gasteiger partial charge in [0.1, 0.15) is 5.78 Å². The van der Waals surface area contributed by atoms with Gasteiger partial charge in [0.2, 0.25) is 5.89 Å². The molecule has 1 aliphatic carbocycles. The highest BCUT2D eigenvalue weighted by molar-refractivity contribution is 7.99. The van der Waals surface area contributed by atoms with Crippen molar-refractivity contribution in [3.8, 4) is 0 Å². The predicted molar refractivity (Wildman–Crippen MR) is 56.7 cm³/mol. The second-order valence-electron chi connectivity index (χ2n) is 3.82. The van der Waals surface area contributed by atoms with Gasteiger partial charge >= 0.3 is 0 Å². The molecule has 1 aromatic rings. The number of Topliss-reactive ketones (excluding diaryl/α,β-unsaturated/α-hetero) is 1. The Balaban J connectivity index is 1.80. The fraction of sp³-hybridized carbons (Fsp3) is 0.700. The Labute approximate surface area is 92.8 Å². The molecule has 82 valence electrons. The van der Waals surface area contributed by atoms with Crippen molar-refractivity contribution in [3.05, 3.63) is 5.89 Å². The Bertz CT molecular complexity index is 345. The maximum Gasteiger partial charge on any atom is 0.276 e. The third-order valence-corrected chi connectivity index (χ3v) is 3.50. The van der Waals surface area contributed by atoms with E-state index in [9.17, 15) is 4.79 Å². The first kappa shape index (κ1) is 10.7. The number of hydrogen-bond donors (Lipinski definition) is 0. The van der Waals surface area contributed by atoms with Crippen LogP contribution in [0.3, 0.4) is 0 Å². The van der Waals surface area contributed by atoms with E-state index in [1.807, 2.05) is 0 Å². The Kier molecular flexibility index (Phi) is 3.41. The topological polar surface area (TPSA) is 56.0 Å². The van der Waals surface area contributed by atoms with E-state index in [0.717, 1.165) is 12.8 Å². The third kappa shape index (κ3) is 2.81. The summed E-state index contributed by atoms with van der Waals surface area (Å²) in [5.74, 6) is 1.62. The molecule has 4 nitrogen and oxygen atoms in total. The van der Waals surface area contributed by atoms with E-state index in [1.54, 1.807) is 6.92 Å². The molecule has 5 heteroatoms. The average Bonchev–Trinajstić information content (AvgIpc) is 2.84. The van der Waals surface area contributed by atoms with E-state index in [2.05, 4.69) is 10.2 Å². The number of aromatic nitrogens is 2. The maximum absolute atomic E-state index is 11.7. The van der Waals surface area contributed by atoms with Crippen molar-refractivity contribution in [2.24, 2.45) is 5.92 Å². The van der Waals surface area contributed by atoms with Crippen LogP contribution in [0.25, 0.3) is 0 Å². The standard InChI is InChI=1S/C10H14N2O2S/c1-7-11-12-10(14-7)15-6-9(13)8-4-2-3-5-8/h8H,2-6H2,1H3. The van der Waals surface area contributed by atoms with Crippen LogP contribution in [0.1, 0.15) is 31.6 Å². The van der Waals surface area contributed by atoms with Gasteiger partial charge in [-0.2, -0.15) is 0 Å². The lowest BCUT2D eigenvalue weighted by Crippen LogP contribution is -2.12. The van der Waals surface area contributed by atoms with Gasteiger partial charge in [-0.3, -0.25) is 4.79 Å². The first-order valence-electron chi connectivity index (χ1n) is 5.21. The van der Waals surface area contributed by atoms with Gasteiger partial charge in [-0.05, 0) is 12.8 Å². The zero-order chi connectivity index (χ0) is 10.7. The van der Waals surface area contributed by atoms with Crippen LogP contribution in [0.15, 0.2) is 9.64 Å². The van der Waals surface area contributed by atoms with Gasteiger partial charge in [0.25, 0.3) is 5.22 Å². The summed E-state index contributed by atoms with van der Waals surface area (Å²) in [6.45, 7) is 1.75. The van der Waals surface area contributed by atoms with Crippen molar-refractivity contribution in [1.29, 1.82) is 0 Å². The van der Waals surface area contributed by atoms with Crippen LogP contribution in [0.5, 0.6) is 0 Å². The van der Waals surface area contributed by atoms with Crippen molar-refractivity contribution in [1.82, 2.24) is 10.2 Å². The second-order valence-corrected chi connectivity index (χ2v) is 4.75. The van der Waals surface area contributed by atoms with Crippen LogP contribution in [0, 0.1) is 12.8 Å². The predicted octanol–water partition coefficient (Wildman–Crippen LogP) is 2.23. The minimum absolute atomic E-state index is 0.279. The smallest absolute Gasteiger partial charge is 0.276 e. The average molecular weight is 226 g/mol. The van der Waals surface area contributed by atoms with Crippen molar-refractivity contribution in [2.45, 2.75) is 37.8 Å². The summed E-state index contributed by atoms with van der Waals surface area (Å²) in [5, 5.41) is 8.05. The Morgan fingerprint density at radius 3 is 2.80 bits per heavy atom. The van der Waals surface area contributed by atoms with Gasteiger partial charge in [0.15, 0.2) is 0 Å². The highest BCUT2D eigenvalue weighted by Gasteiger charge is 2.22. The number of aryl methyl sites for hydroxylation is 1. The number of hydrogen-bond acceptors (Lipinski definition) is 5. The van der Waals surface area contributed by atoms with E-state index in [0.29, 0.717) is 22.6 Å². The number of nitrogens with zero attached hydrogens (tertiary/aromatic N) is 2. The van der Waals surface area contributed by atoms with Gasteiger partial charge in [0.05, 0.1) is 5.75 Å². The summed E-state index contributed by atoms with van der Waals surface area (Å²) in [6, 6.07) is 0. The molecule has 0 atom stereocenters. The van der Waals surface area contributed by atoms with Crippen LogP contribution in [0.2, 0.25) is 0 Å². The molecular formula is C10H14N2O2S. The molecule has 0 N–H and O–H groups in total. The number of carbonyl (C=O) groups is 1. The summed E-state index contributed by atoms with van der Waals surface area (Å²) in [7, 11) is 0. The van der Waals surface area contributed by atoms with Crippen molar-refractivity contribution in [2.75, 3.05) is 5.75 Å². The lowest BCUT2D eigenvalue weighted by Gasteiger charge is -2.04. The van der Waals surface area contributed by atoms with Crippen molar-refractivity contribution in [3.63, 3.8) is 0 Å². The Hall–Kier alpha value is -0.840. The van der Waals surface area contributed by atoms with E-state index >= 15 is 0 Å². The minimum Gasteiger partial charge on any atom is -0.416 e. The molecule has 0 saturated heterocycles. The van der Waals surface area contributed by atoms with Gasteiger partial charge in [-0.15, -0.1) is 10.2 Å². The largest absolute Gasteiger partial charge is 0.416 e. The second kappa shape index (κ2) is 4.79. The first-order chi connectivity index (χ1) is 7.25. The normalized spacial score (nSPS) is 17.1. The summed E-state index contributed by atoms with van der Waals surface area (Å²) in [5.41, 5.74) is 0. The van der Waals surface area contributed by atoms with E-state index in [-0.39, 0.29) is 5.92 Å². The molecule has 0 aromatic carbocycles. The molecule has 1 heterocycles. The molecule has 1 fully saturated rings. The zero-order valence-corrected chi connectivity index (χ0v) is 9.55. The molecule has 0 bridgehead atoms. The zero-order valence-electron chi connectivity index (χ0n) is 8.73. The highest BCUT2D eigenvalue weighted by atomic mass is 32.2. The highest BCUT2D eigenvalue weighted by Crippen LogP contribution is 2.27. The quantitative estimate of drug-likeness (QED) is 0.737. The monoisotopic (exact) mass is 226 g/mol. The van der Waals surface area contributed by atoms with Crippen LogP contribution >= 0.6 is 11.8 Å². The molecule has 0 radical (unpaired) electrons. The number of thioether (sulfide) groups is 1. The SMILES string of the molecule is Cc1nnc(SCC(=O)C2CCCC2)o1. The Morgan fingerprint density at radius 2 is 2.20 bits per heavy atom. The molecule has 0 amide bonds. The first-order valence-corrected chi connectivity index (χ1v) is 6.20. The summed E-state index contributed by atoms with van der Waals surface area (Å²) in [4.78, 5) is 11.7. The Morgan fingerprint density at radius 1 is 1.47 bits per heavy atom.